The lowest BCUT2D eigenvalue weighted by molar-refractivity contribution is -0.138. The Hall–Kier alpha value is -3.65. The van der Waals surface area contributed by atoms with Crippen molar-refractivity contribution in [2.45, 2.75) is 96.2 Å². The molecule has 1 saturated heterocycles. The number of hydrogen-bond acceptors (Lipinski definition) is 6. The third-order valence-electron chi connectivity index (χ3n) is 7.64. The third kappa shape index (κ3) is 7.01. The molecule has 4 rings (SSSR count). The molecule has 1 N–H and O–H groups in total. The first kappa shape index (κ1) is 33.2. The molecule has 2 fully saturated rings. The van der Waals surface area contributed by atoms with Gasteiger partial charge < -0.3 is 29.5 Å². The number of benzene rings is 1. The van der Waals surface area contributed by atoms with Crippen LogP contribution in [0.5, 0.6) is 5.75 Å². The number of likely N-dealkylation sites (tertiary alicyclic amines) is 1. The van der Waals surface area contributed by atoms with Crippen LogP contribution < -0.4 is 15.0 Å². The van der Waals surface area contributed by atoms with Crippen LogP contribution >= 0.6 is 0 Å². The topological polar surface area (TPSA) is 108 Å². The normalized spacial score (nSPS) is 19.5. The summed E-state index contributed by atoms with van der Waals surface area (Å²) >= 11 is 0. The van der Waals surface area contributed by atoms with Gasteiger partial charge >= 0.3 is 18.7 Å². The second kappa shape index (κ2) is 12.0. The van der Waals surface area contributed by atoms with E-state index in [9.17, 15) is 41.1 Å². The average molecular weight is 633 g/mol. The molecular weight excluding hydrogens is 595 g/mol. The van der Waals surface area contributed by atoms with Gasteiger partial charge in [-0.25, -0.2) is 4.79 Å². The molecule has 0 aromatic heterocycles. The van der Waals surface area contributed by atoms with Crippen molar-refractivity contribution in [2.75, 3.05) is 31.1 Å². The Labute approximate surface area is 251 Å². The van der Waals surface area contributed by atoms with Gasteiger partial charge in [-0.3, -0.25) is 14.4 Å². The molecule has 2 heterocycles. The van der Waals surface area contributed by atoms with Crippen molar-refractivity contribution >= 4 is 29.5 Å². The molecule has 10 nitrogen and oxygen atoms in total. The highest BCUT2D eigenvalue weighted by Gasteiger charge is 2.58. The molecule has 0 bridgehead atoms. The van der Waals surface area contributed by atoms with E-state index in [2.05, 4.69) is 0 Å². The highest BCUT2D eigenvalue weighted by molar-refractivity contribution is 6.06. The molecule has 0 radical (unpaired) electrons. The minimum atomic E-state index is -4.98. The number of anilines is 1. The van der Waals surface area contributed by atoms with Gasteiger partial charge in [0.25, 0.3) is 17.7 Å². The van der Waals surface area contributed by atoms with Crippen LogP contribution in [0, 0.1) is 0 Å². The lowest BCUT2D eigenvalue weighted by Crippen LogP contribution is -2.54. The van der Waals surface area contributed by atoms with Gasteiger partial charge in [-0.2, -0.15) is 22.0 Å². The summed E-state index contributed by atoms with van der Waals surface area (Å²) in [6.07, 6.45) is -7.47. The Bertz CT molecular complexity index is 1310. The quantitative estimate of drug-likeness (QED) is 0.441. The van der Waals surface area contributed by atoms with Gasteiger partial charge in [0.1, 0.15) is 11.4 Å². The van der Waals surface area contributed by atoms with Crippen molar-refractivity contribution in [3.63, 3.8) is 0 Å². The Balaban J connectivity index is 1.70. The van der Waals surface area contributed by atoms with E-state index in [1.807, 2.05) is 5.32 Å². The number of hydrogen-bond donors (Lipinski definition) is 1. The van der Waals surface area contributed by atoms with Gasteiger partial charge in [0.15, 0.2) is 5.60 Å². The van der Waals surface area contributed by atoms with E-state index in [0.717, 1.165) is 11.0 Å². The molecule has 244 valence electrons. The second-order valence-electron chi connectivity index (χ2n) is 12.5. The number of carbonyl (C=O) groups is 4. The largest absolute Gasteiger partial charge is 0.475 e. The molecule has 0 unspecified atom stereocenters. The number of amides is 4. The summed E-state index contributed by atoms with van der Waals surface area (Å²) in [5.41, 5.74) is -4.29. The number of piperidine rings is 1. The summed E-state index contributed by atoms with van der Waals surface area (Å²) in [6, 6.07) is 0.421. The Kier molecular flexibility index (Phi) is 9.09. The van der Waals surface area contributed by atoms with Crippen molar-refractivity contribution in [3.8, 4) is 5.75 Å². The van der Waals surface area contributed by atoms with E-state index in [0.29, 0.717) is 25.5 Å². The van der Waals surface area contributed by atoms with E-state index in [-0.39, 0.29) is 37.4 Å². The SMILES string of the molecule is CC(C)N(C(=O)c1cc2c(cc1C(F)(F)F)OC1(CC1)C(=O)N2CCNC(=O)C(F)F)[C@@H]1CCCN(C(=O)OC(C)(C)C)C1. The van der Waals surface area contributed by atoms with Crippen molar-refractivity contribution in [1.82, 2.24) is 15.1 Å². The fourth-order valence-electron chi connectivity index (χ4n) is 5.54. The summed E-state index contributed by atoms with van der Waals surface area (Å²) in [7, 11) is 0. The molecule has 1 aliphatic carbocycles. The number of alkyl halides is 5. The van der Waals surface area contributed by atoms with Crippen molar-refractivity contribution in [2.24, 2.45) is 0 Å². The first-order valence-electron chi connectivity index (χ1n) is 14.5. The zero-order valence-electron chi connectivity index (χ0n) is 25.2. The molecule has 1 atom stereocenters. The first-order valence-corrected chi connectivity index (χ1v) is 14.5. The fourth-order valence-corrected chi connectivity index (χ4v) is 5.54. The summed E-state index contributed by atoms with van der Waals surface area (Å²) in [4.78, 5) is 55.3. The smallest absolute Gasteiger partial charge is 0.417 e. The molecule has 1 saturated carbocycles. The number of nitrogens with zero attached hydrogens (tertiary/aromatic N) is 3. The minimum Gasteiger partial charge on any atom is -0.475 e. The zero-order chi connectivity index (χ0) is 32.8. The van der Waals surface area contributed by atoms with Crippen LogP contribution in [0.3, 0.4) is 0 Å². The predicted octanol–water partition coefficient (Wildman–Crippen LogP) is 4.59. The maximum absolute atomic E-state index is 14.5. The molecular formula is C29H37F5N4O6. The first-order chi connectivity index (χ1) is 20.3. The van der Waals surface area contributed by atoms with Gasteiger partial charge in [-0.15, -0.1) is 0 Å². The van der Waals surface area contributed by atoms with Gasteiger partial charge in [0.05, 0.1) is 22.9 Å². The van der Waals surface area contributed by atoms with Gasteiger partial charge in [-0.1, -0.05) is 0 Å². The molecule has 44 heavy (non-hydrogen) atoms. The predicted molar refractivity (Wildman–Crippen MR) is 148 cm³/mol. The van der Waals surface area contributed by atoms with E-state index < -0.39 is 77.4 Å². The average Bonchev–Trinajstić information content (AvgIpc) is 3.68. The van der Waals surface area contributed by atoms with Crippen LogP contribution in [0.1, 0.15) is 76.2 Å². The van der Waals surface area contributed by atoms with E-state index in [1.165, 1.54) is 9.80 Å². The fraction of sp³-hybridized carbons (Fsp3) is 0.655. The standard InChI is InChI=1S/C29H37F5N4O6/c1-16(2)38(17-7-6-11-36(15-17)26(42)44-27(3,4)5)24(40)18-13-20-21(14-19(18)29(32,33)34)43-28(8-9-28)25(41)37(20)12-10-35-23(39)22(30)31/h13-14,16-17,22H,6-12,15H2,1-5H3,(H,35,39)/t17-/m1/s1. The molecule has 1 aromatic rings. The summed E-state index contributed by atoms with van der Waals surface area (Å²) in [5, 5.41) is 1.98. The Morgan fingerprint density at radius 3 is 2.36 bits per heavy atom. The van der Waals surface area contributed by atoms with E-state index in [4.69, 9.17) is 9.47 Å². The lowest BCUT2D eigenvalue weighted by Gasteiger charge is -2.42. The van der Waals surface area contributed by atoms with Crippen LogP contribution in [0.25, 0.3) is 0 Å². The van der Waals surface area contributed by atoms with E-state index in [1.54, 1.807) is 34.6 Å². The van der Waals surface area contributed by atoms with Crippen LogP contribution in [0.2, 0.25) is 0 Å². The minimum absolute atomic E-state index is 0.0468. The number of carbonyl (C=O) groups excluding carboxylic acids is 4. The zero-order valence-corrected chi connectivity index (χ0v) is 25.2. The number of nitrogens with one attached hydrogen (secondary N) is 1. The number of ether oxygens (including phenoxy) is 2. The monoisotopic (exact) mass is 632 g/mol. The van der Waals surface area contributed by atoms with Gasteiger partial charge in [-0.05, 0) is 59.6 Å². The van der Waals surface area contributed by atoms with Crippen LogP contribution in [-0.2, 0) is 20.5 Å². The molecule has 4 amide bonds. The summed E-state index contributed by atoms with van der Waals surface area (Å²) < 4.78 is 80.0. The maximum Gasteiger partial charge on any atom is 0.417 e. The third-order valence-corrected chi connectivity index (χ3v) is 7.64. The van der Waals surface area contributed by atoms with Crippen LogP contribution in [-0.4, -0.2) is 89.5 Å². The highest BCUT2D eigenvalue weighted by Crippen LogP contribution is 2.51. The summed E-state index contributed by atoms with van der Waals surface area (Å²) in [5.74, 6) is -3.40. The Morgan fingerprint density at radius 2 is 1.82 bits per heavy atom. The second-order valence-corrected chi connectivity index (χ2v) is 12.5. The highest BCUT2D eigenvalue weighted by atomic mass is 19.4. The van der Waals surface area contributed by atoms with Crippen molar-refractivity contribution in [1.29, 1.82) is 0 Å². The van der Waals surface area contributed by atoms with Gasteiger partial charge in [0.2, 0.25) is 0 Å². The number of fused-ring (bicyclic) bond motifs is 1. The summed E-state index contributed by atoms with van der Waals surface area (Å²) in [6.45, 7) is 8.09. The van der Waals surface area contributed by atoms with Crippen LogP contribution in [0.15, 0.2) is 12.1 Å². The molecule has 2 aliphatic heterocycles. The molecule has 15 heteroatoms. The van der Waals surface area contributed by atoms with Crippen molar-refractivity contribution in [3.05, 3.63) is 23.3 Å². The van der Waals surface area contributed by atoms with Crippen molar-refractivity contribution < 1.29 is 50.6 Å². The van der Waals surface area contributed by atoms with Crippen LogP contribution in [0.4, 0.5) is 32.4 Å². The molecule has 3 aliphatic rings. The number of halogens is 5. The Morgan fingerprint density at radius 1 is 1.16 bits per heavy atom. The molecule has 1 spiro atoms. The van der Waals surface area contributed by atoms with Gasteiger partial charge in [0, 0.05) is 45.1 Å². The molecule has 1 aromatic carbocycles. The maximum atomic E-state index is 14.5. The lowest BCUT2D eigenvalue weighted by atomic mass is 9.97. The van der Waals surface area contributed by atoms with E-state index >= 15 is 0 Å². The number of rotatable bonds is 7.